The smallest absolute Gasteiger partial charge is 0.462 e. The molecule has 0 saturated heterocycles. The number of rotatable bonds is 37. The van der Waals surface area contributed by atoms with Crippen molar-refractivity contribution in [2.45, 2.75) is 135 Å². The van der Waals surface area contributed by atoms with Crippen LogP contribution in [0.15, 0.2) is 122 Å². The van der Waals surface area contributed by atoms with Crippen LogP contribution in [0.5, 0.6) is 0 Å². The highest BCUT2D eigenvalue weighted by Crippen LogP contribution is 2.43. The Morgan fingerprint density at radius 2 is 1.17 bits per heavy atom. The molecule has 0 rings (SSSR count). The molecule has 4 N–H and O–H groups in total. The first-order chi connectivity index (χ1) is 28.2. The first-order valence-electron chi connectivity index (χ1n) is 21.1. The van der Waals surface area contributed by atoms with Crippen LogP contribution < -0.4 is 5.73 Å². The maximum Gasteiger partial charge on any atom is 0.472 e. The summed E-state index contributed by atoms with van der Waals surface area (Å²) >= 11 is 0. The molecule has 0 aliphatic rings. The average Bonchev–Trinajstić information content (AvgIpc) is 3.20. The molecule has 0 spiro atoms. The summed E-state index contributed by atoms with van der Waals surface area (Å²) < 4.78 is 32.6. The Morgan fingerprint density at radius 3 is 1.74 bits per heavy atom. The maximum absolute atomic E-state index is 12.5. The summed E-state index contributed by atoms with van der Waals surface area (Å²) in [5, 5.41) is 9.83. The number of allylic oxidation sites excluding steroid dienone is 18. The van der Waals surface area contributed by atoms with Gasteiger partial charge in [0.1, 0.15) is 6.61 Å². The summed E-state index contributed by atoms with van der Waals surface area (Å²) in [5.41, 5.74) is 5.33. The van der Waals surface area contributed by atoms with Gasteiger partial charge in [0, 0.05) is 19.4 Å². The Morgan fingerprint density at radius 1 is 0.621 bits per heavy atom. The van der Waals surface area contributed by atoms with E-state index in [0.29, 0.717) is 25.7 Å². The molecule has 0 heterocycles. The third kappa shape index (κ3) is 40.6. The Labute approximate surface area is 350 Å². The third-order valence-electron chi connectivity index (χ3n) is 7.93. The number of unbranched alkanes of at least 4 members (excludes halogenated alkanes) is 4. The van der Waals surface area contributed by atoms with Crippen LogP contribution in [0.1, 0.15) is 123 Å². The number of carbonyl (C=O) groups excluding carboxylic acids is 2. The molecular weight excluding hydrogens is 753 g/mol. The number of hydrogen-bond acceptors (Lipinski definition) is 9. The summed E-state index contributed by atoms with van der Waals surface area (Å²) in [7, 11) is -4.43. The van der Waals surface area contributed by atoms with Crippen molar-refractivity contribution in [2.75, 3.05) is 26.4 Å². The van der Waals surface area contributed by atoms with Gasteiger partial charge >= 0.3 is 19.8 Å². The number of phosphoric ester groups is 1. The largest absolute Gasteiger partial charge is 0.472 e. The van der Waals surface area contributed by atoms with E-state index in [4.69, 9.17) is 24.3 Å². The number of nitrogens with two attached hydrogens (primary N) is 1. The van der Waals surface area contributed by atoms with Crippen LogP contribution in [0.3, 0.4) is 0 Å². The summed E-state index contributed by atoms with van der Waals surface area (Å²) in [4.78, 5) is 34.8. The molecule has 326 valence electrons. The van der Waals surface area contributed by atoms with Crippen molar-refractivity contribution in [1.82, 2.24) is 0 Å². The Kier molecular flexibility index (Phi) is 38.9. The highest BCUT2D eigenvalue weighted by molar-refractivity contribution is 7.47. The zero-order chi connectivity index (χ0) is 42.6. The summed E-state index contributed by atoms with van der Waals surface area (Å²) in [5.74, 6) is -1.03. The predicted molar refractivity (Wildman–Crippen MR) is 239 cm³/mol. The predicted octanol–water partition coefficient (Wildman–Crippen LogP) is 11.1. The zero-order valence-corrected chi connectivity index (χ0v) is 36.2. The van der Waals surface area contributed by atoms with Gasteiger partial charge in [-0.15, -0.1) is 0 Å². The second-order valence-electron chi connectivity index (χ2n) is 13.3. The summed E-state index contributed by atoms with van der Waals surface area (Å²) in [6, 6.07) is 0. The van der Waals surface area contributed by atoms with Crippen LogP contribution in [0, 0.1) is 0 Å². The van der Waals surface area contributed by atoms with Gasteiger partial charge in [-0.1, -0.05) is 148 Å². The summed E-state index contributed by atoms with van der Waals surface area (Å²) in [6.45, 7) is 3.29. The van der Waals surface area contributed by atoms with Gasteiger partial charge in [0.2, 0.25) is 0 Å². The lowest BCUT2D eigenvalue weighted by atomic mass is 10.2. The number of carbonyl (C=O) groups is 2. The minimum absolute atomic E-state index is 0.0219. The van der Waals surface area contributed by atoms with E-state index in [0.717, 1.165) is 51.4 Å². The number of aliphatic hydroxyl groups excluding tert-OH is 1. The van der Waals surface area contributed by atoms with Crippen LogP contribution in [0.2, 0.25) is 0 Å². The Balaban J connectivity index is 4.46. The number of phosphoric acid groups is 1. The molecule has 10 nitrogen and oxygen atoms in total. The lowest BCUT2D eigenvalue weighted by Crippen LogP contribution is -2.29. The van der Waals surface area contributed by atoms with Crippen molar-refractivity contribution in [3.63, 3.8) is 0 Å². The van der Waals surface area contributed by atoms with Crippen molar-refractivity contribution in [1.29, 1.82) is 0 Å². The van der Waals surface area contributed by atoms with Crippen LogP contribution in [0.25, 0.3) is 0 Å². The zero-order valence-electron chi connectivity index (χ0n) is 35.3. The molecule has 0 saturated carbocycles. The molecule has 3 atom stereocenters. The quantitative estimate of drug-likeness (QED) is 0.0181. The highest BCUT2D eigenvalue weighted by atomic mass is 31.2. The molecule has 0 aromatic heterocycles. The van der Waals surface area contributed by atoms with Crippen molar-refractivity contribution in [2.24, 2.45) is 5.73 Å². The van der Waals surface area contributed by atoms with Gasteiger partial charge in [0.15, 0.2) is 6.10 Å². The standard InChI is InChI=1S/C47H74NO9P/c1-3-5-7-8-9-10-11-12-13-14-15-18-22-25-28-31-35-39-47(51)57-45(43-56-58(52,53)55-41-40-48)42-54-46(50)38-34-30-27-24-21-19-16-17-20-23-26-29-33-37-44(49)36-32-6-4-2/h6,9-10,12-13,15,17-21,25-30,32-33,37,44-45,49H,3-5,7-8,11,14,16,22-24,31,34-36,38-43,48H2,1-2H3,(H,52,53)/b10-9-,13-12-,18-15-,20-17-,21-19-,28-25-,29-26+,30-27-,32-6-,37-33+/t44?,45-/m1/s1. The SMILES string of the molecule is CC/C=C\CC(O)/C=C/C=C/C/C=C\C/C=C\C/C=C\CCC(=O)OC[C@H](COP(=O)(O)OCCN)OC(=O)CCC/C=C\C/C=C\C/C=C\C/C=C\CCCCC. The molecule has 0 fully saturated rings. The van der Waals surface area contributed by atoms with Gasteiger partial charge in [0.25, 0.3) is 0 Å². The van der Waals surface area contributed by atoms with Gasteiger partial charge in [-0.3, -0.25) is 18.6 Å². The molecule has 0 radical (unpaired) electrons. The molecule has 0 bridgehead atoms. The second-order valence-corrected chi connectivity index (χ2v) is 14.8. The third-order valence-corrected chi connectivity index (χ3v) is 8.91. The van der Waals surface area contributed by atoms with E-state index in [1.165, 1.54) is 19.3 Å². The highest BCUT2D eigenvalue weighted by Gasteiger charge is 2.25. The van der Waals surface area contributed by atoms with Crippen molar-refractivity contribution < 1.29 is 42.7 Å². The minimum atomic E-state index is -4.43. The Hall–Kier alpha value is -3.63. The van der Waals surface area contributed by atoms with Gasteiger partial charge in [0.05, 0.1) is 19.3 Å². The maximum atomic E-state index is 12.5. The number of esters is 2. The molecule has 0 amide bonds. The van der Waals surface area contributed by atoms with Crippen molar-refractivity contribution >= 4 is 19.8 Å². The van der Waals surface area contributed by atoms with E-state index in [9.17, 15) is 24.2 Å². The first-order valence-corrected chi connectivity index (χ1v) is 22.6. The van der Waals surface area contributed by atoms with Crippen LogP contribution in [-0.2, 0) is 32.7 Å². The molecule has 0 aromatic rings. The topological polar surface area (TPSA) is 155 Å². The lowest BCUT2D eigenvalue weighted by Gasteiger charge is -2.19. The van der Waals surface area contributed by atoms with E-state index in [-0.39, 0.29) is 32.6 Å². The van der Waals surface area contributed by atoms with Crippen LogP contribution in [-0.4, -0.2) is 60.5 Å². The molecule has 0 aliphatic carbocycles. The fraction of sp³-hybridized carbons (Fsp3) is 0.532. The average molecular weight is 828 g/mol. The molecule has 0 aliphatic heterocycles. The van der Waals surface area contributed by atoms with Crippen molar-refractivity contribution in [3.8, 4) is 0 Å². The van der Waals surface area contributed by atoms with E-state index in [1.807, 2.05) is 54.7 Å². The van der Waals surface area contributed by atoms with E-state index in [2.05, 4.69) is 74.6 Å². The number of aliphatic hydroxyl groups is 1. The second kappa shape index (κ2) is 41.5. The molecule has 0 aromatic carbocycles. The normalized spacial score (nSPS) is 15.1. The van der Waals surface area contributed by atoms with Gasteiger partial charge in [-0.2, -0.15) is 0 Å². The lowest BCUT2D eigenvalue weighted by molar-refractivity contribution is -0.161. The number of ether oxygens (including phenoxy) is 2. The molecule has 2 unspecified atom stereocenters. The Bertz CT molecular complexity index is 1370. The fourth-order valence-electron chi connectivity index (χ4n) is 4.79. The monoisotopic (exact) mass is 828 g/mol. The van der Waals surface area contributed by atoms with Gasteiger partial charge in [-0.05, 0) is 83.5 Å². The minimum Gasteiger partial charge on any atom is -0.462 e. The van der Waals surface area contributed by atoms with Gasteiger partial charge < -0.3 is 25.2 Å². The van der Waals surface area contributed by atoms with E-state index in [1.54, 1.807) is 6.08 Å². The molecule has 58 heavy (non-hydrogen) atoms. The summed E-state index contributed by atoms with van der Waals surface area (Å²) in [6.07, 6.45) is 52.9. The number of hydrogen-bond donors (Lipinski definition) is 3. The molecular formula is C47H74NO9P. The fourth-order valence-corrected chi connectivity index (χ4v) is 5.56. The van der Waals surface area contributed by atoms with Gasteiger partial charge in [-0.25, -0.2) is 4.57 Å². The first kappa shape index (κ1) is 54.4. The van der Waals surface area contributed by atoms with Crippen molar-refractivity contribution in [3.05, 3.63) is 122 Å². The van der Waals surface area contributed by atoms with Crippen LogP contribution in [0.4, 0.5) is 0 Å². The molecule has 11 heteroatoms. The van der Waals surface area contributed by atoms with E-state index >= 15 is 0 Å². The van der Waals surface area contributed by atoms with Crippen LogP contribution >= 0.6 is 7.82 Å². The van der Waals surface area contributed by atoms with E-state index < -0.39 is 38.6 Å².